The lowest BCUT2D eigenvalue weighted by Crippen LogP contribution is -2.36. The molecule has 0 unspecified atom stereocenters. The van der Waals surface area contributed by atoms with E-state index >= 15 is 0 Å². The van der Waals surface area contributed by atoms with Gasteiger partial charge in [0, 0.05) is 25.4 Å². The van der Waals surface area contributed by atoms with Crippen molar-refractivity contribution >= 4 is 33.0 Å². The monoisotopic (exact) mass is 418 g/mol. The van der Waals surface area contributed by atoms with Crippen molar-refractivity contribution in [1.29, 1.82) is 0 Å². The minimum atomic E-state index is -0.103. The molecule has 0 fully saturated rings. The maximum atomic E-state index is 12.6. The van der Waals surface area contributed by atoms with Crippen LogP contribution in [-0.2, 0) is 17.8 Å². The van der Waals surface area contributed by atoms with Crippen LogP contribution in [0.25, 0.3) is 15.8 Å². The number of nitrogens with one attached hydrogen (secondary N) is 1. The highest BCUT2D eigenvalue weighted by Crippen LogP contribution is 2.20. The molecule has 4 aromatic rings. The molecule has 0 radical (unpaired) electrons. The predicted octanol–water partition coefficient (Wildman–Crippen LogP) is 3.29. The fourth-order valence-corrected chi connectivity index (χ4v) is 3.93. The van der Waals surface area contributed by atoms with Gasteiger partial charge in [-0.3, -0.25) is 9.78 Å². The number of nitrogens with two attached hydrogens (primary N) is 1. The Morgan fingerprint density at radius 1 is 1.20 bits per heavy atom. The SMILES string of the molecule is Cc1ccc(/C(=C\N)C(=O)N2CCc3nc[nH]c3C2)nc1.c1ccc2scnc2c1. The van der Waals surface area contributed by atoms with Gasteiger partial charge in [0.2, 0.25) is 0 Å². The topological polar surface area (TPSA) is 101 Å². The zero-order chi connectivity index (χ0) is 20.9. The molecule has 5 rings (SSSR count). The molecule has 8 heteroatoms. The second-order valence-electron chi connectivity index (χ2n) is 6.93. The van der Waals surface area contributed by atoms with Gasteiger partial charge in [-0.2, -0.15) is 0 Å². The number of aromatic nitrogens is 4. The first kappa shape index (κ1) is 19.8. The summed E-state index contributed by atoms with van der Waals surface area (Å²) in [6, 6.07) is 11.9. The molecule has 1 aliphatic rings. The van der Waals surface area contributed by atoms with Crippen LogP contribution < -0.4 is 5.73 Å². The second kappa shape index (κ2) is 8.87. The van der Waals surface area contributed by atoms with Crippen LogP contribution in [0.1, 0.15) is 22.6 Å². The van der Waals surface area contributed by atoms with Gasteiger partial charge in [-0.25, -0.2) is 9.97 Å². The van der Waals surface area contributed by atoms with Crippen LogP contribution in [0.5, 0.6) is 0 Å². The molecular weight excluding hydrogens is 396 g/mol. The summed E-state index contributed by atoms with van der Waals surface area (Å²) in [4.78, 5) is 30.1. The Morgan fingerprint density at radius 2 is 2.07 bits per heavy atom. The number of benzene rings is 1. The number of thiazole rings is 1. The number of pyridine rings is 1. The third-order valence-electron chi connectivity index (χ3n) is 4.88. The van der Waals surface area contributed by atoms with Gasteiger partial charge in [0.1, 0.15) is 0 Å². The standard InChI is InChI=1S/C15H17N5O.C7H5NS/c1-10-2-3-12(17-7-10)11(6-16)15(21)20-5-4-13-14(8-20)19-9-18-13;1-2-4-7-6(3-1)8-5-9-7/h2-3,6-7,9H,4-5,8,16H2,1H3,(H,18,19);1-5H/b11-6+;. The fraction of sp³-hybridized carbons (Fsp3) is 0.182. The third-order valence-corrected chi connectivity index (χ3v) is 5.69. The highest BCUT2D eigenvalue weighted by Gasteiger charge is 2.25. The molecule has 0 saturated heterocycles. The zero-order valence-electron chi connectivity index (χ0n) is 16.6. The van der Waals surface area contributed by atoms with Crippen LogP contribution in [0.3, 0.4) is 0 Å². The molecule has 0 saturated carbocycles. The molecule has 0 atom stereocenters. The summed E-state index contributed by atoms with van der Waals surface area (Å²) in [5.74, 6) is -0.103. The summed E-state index contributed by atoms with van der Waals surface area (Å²) in [6.45, 7) is 3.12. The Hall–Kier alpha value is -3.52. The number of rotatable bonds is 2. The smallest absolute Gasteiger partial charge is 0.257 e. The molecule has 1 amide bonds. The second-order valence-corrected chi connectivity index (χ2v) is 7.81. The van der Waals surface area contributed by atoms with E-state index in [1.54, 1.807) is 28.8 Å². The van der Waals surface area contributed by atoms with Crippen LogP contribution in [0.15, 0.2) is 60.6 Å². The molecule has 4 heterocycles. The first-order chi connectivity index (χ1) is 14.7. The minimum Gasteiger partial charge on any atom is -0.404 e. The third kappa shape index (κ3) is 4.23. The average Bonchev–Trinajstić information content (AvgIpc) is 3.44. The molecular formula is C22H22N6OS. The number of aromatic amines is 1. The Bertz CT molecular complexity index is 1150. The van der Waals surface area contributed by atoms with Crippen molar-refractivity contribution < 1.29 is 4.79 Å². The van der Waals surface area contributed by atoms with Gasteiger partial charge in [0.25, 0.3) is 5.91 Å². The lowest BCUT2D eigenvalue weighted by atomic mass is 10.1. The first-order valence-corrected chi connectivity index (χ1v) is 10.5. The summed E-state index contributed by atoms with van der Waals surface area (Å²) >= 11 is 1.68. The van der Waals surface area contributed by atoms with Gasteiger partial charge >= 0.3 is 0 Å². The number of nitrogens with zero attached hydrogens (tertiary/aromatic N) is 4. The number of H-pyrrole nitrogens is 1. The van der Waals surface area contributed by atoms with Crippen molar-refractivity contribution in [1.82, 2.24) is 24.8 Å². The predicted molar refractivity (Wildman–Crippen MR) is 118 cm³/mol. The van der Waals surface area contributed by atoms with Gasteiger partial charge in [-0.05, 0) is 30.7 Å². The number of hydrogen-bond donors (Lipinski definition) is 2. The zero-order valence-corrected chi connectivity index (χ0v) is 17.4. The van der Waals surface area contributed by atoms with Crippen molar-refractivity contribution in [2.24, 2.45) is 5.73 Å². The summed E-state index contributed by atoms with van der Waals surface area (Å²) in [6.07, 6.45) is 5.49. The number of imidazole rings is 1. The van der Waals surface area contributed by atoms with Crippen LogP contribution in [-0.4, -0.2) is 37.3 Å². The number of aryl methyl sites for hydroxylation is 1. The molecule has 0 spiro atoms. The summed E-state index contributed by atoms with van der Waals surface area (Å²) in [7, 11) is 0. The van der Waals surface area contributed by atoms with Gasteiger partial charge in [-0.1, -0.05) is 18.2 Å². The summed E-state index contributed by atoms with van der Waals surface area (Å²) < 4.78 is 1.26. The summed E-state index contributed by atoms with van der Waals surface area (Å²) in [5, 5.41) is 0. The van der Waals surface area contributed by atoms with E-state index in [2.05, 4.69) is 26.0 Å². The minimum absolute atomic E-state index is 0.103. The Kier molecular flexibility index (Phi) is 5.85. The quantitative estimate of drug-likeness (QED) is 0.487. The molecule has 152 valence electrons. The van der Waals surface area contributed by atoms with Crippen LogP contribution in [0, 0.1) is 6.92 Å². The number of carbonyl (C=O) groups excluding carboxylic acids is 1. The van der Waals surface area contributed by atoms with E-state index in [-0.39, 0.29) is 5.91 Å². The highest BCUT2D eigenvalue weighted by molar-refractivity contribution is 7.16. The lowest BCUT2D eigenvalue weighted by Gasteiger charge is -2.27. The fourth-order valence-electron chi connectivity index (χ4n) is 3.25. The van der Waals surface area contributed by atoms with Gasteiger partial charge in [-0.15, -0.1) is 11.3 Å². The molecule has 7 nitrogen and oxygen atoms in total. The van der Waals surface area contributed by atoms with Crippen molar-refractivity contribution in [2.75, 3.05) is 6.54 Å². The molecule has 0 aliphatic carbocycles. The van der Waals surface area contributed by atoms with E-state index in [4.69, 9.17) is 5.73 Å². The Morgan fingerprint density at radius 3 is 2.83 bits per heavy atom. The Balaban J connectivity index is 0.000000200. The van der Waals surface area contributed by atoms with E-state index in [1.807, 2.05) is 42.8 Å². The van der Waals surface area contributed by atoms with E-state index < -0.39 is 0 Å². The number of hydrogen-bond acceptors (Lipinski definition) is 6. The average molecular weight is 419 g/mol. The molecule has 1 aliphatic heterocycles. The largest absolute Gasteiger partial charge is 0.404 e. The number of carbonyl (C=O) groups is 1. The lowest BCUT2D eigenvalue weighted by molar-refractivity contribution is -0.126. The Labute approximate surface area is 178 Å². The van der Waals surface area contributed by atoms with Gasteiger partial charge in [0.05, 0.1) is 51.3 Å². The van der Waals surface area contributed by atoms with Crippen molar-refractivity contribution in [3.63, 3.8) is 0 Å². The normalized spacial score (nSPS) is 13.5. The van der Waals surface area contributed by atoms with Crippen LogP contribution >= 0.6 is 11.3 Å². The van der Waals surface area contributed by atoms with Crippen LogP contribution in [0.4, 0.5) is 0 Å². The van der Waals surface area contributed by atoms with E-state index in [1.165, 1.54) is 10.9 Å². The molecule has 30 heavy (non-hydrogen) atoms. The van der Waals surface area contributed by atoms with Crippen molar-refractivity contribution in [3.05, 3.63) is 83.3 Å². The van der Waals surface area contributed by atoms with E-state index in [9.17, 15) is 4.79 Å². The van der Waals surface area contributed by atoms with Gasteiger partial charge in [0.15, 0.2) is 0 Å². The summed E-state index contributed by atoms with van der Waals surface area (Å²) in [5.41, 5.74) is 12.7. The highest BCUT2D eigenvalue weighted by atomic mass is 32.1. The van der Waals surface area contributed by atoms with Crippen molar-refractivity contribution in [3.8, 4) is 0 Å². The number of fused-ring (bicyclic) bond motifs is 2. The van der Waals surface area contributed by atoms with Crippen molar-refractivity contribution in [2.45, 2.75) is 19.9 Å². The molecule has 1 aromatic carbocycles. The maximum absolute atomic E-state index is 12.6. The van der Waals surface area contributed by atoms with Gasteiger partial charge < -0.3 is 15.6 Å². The number of para-hydroxylation sites is 1. The molecule has 3 aromatic heterocycles. The number of amides is 1. The maximum Gasteiger partial charge on any atom is 0.257 e. The van der Waals surface area contributed by atoms with E-state index in [0.717, 1.165) is 28.9 Å². The van der Waals surface area contributed by atoms with Crippen LogP contribution in [0.2, 0.25) is 0 Å². The van der Waals surface area contributed by atoms with E-state index in [0.29, 0.717) is 24.4 Å². The first-order valence-electron chi connectivity index (χ1n) is 9.59. The molecule has 0 bridgehead atoms. The molecule has 3 N–H and O–H groups in total.